The predicted molar refractivity (Wildman–Crippen MR) is 46.6 cm³/mol. The van der Waals surface area contributed by atoms with Crippen molar-refractivity contribution in [1.29, 1.82) is 0 Å². The normalized spacial score (nSPS) is 13.9. The lowest BCUT2D eigenvalue weighted by atomic mass is 9.95. The summed E-state index contributed by atoms with van der Waals surface area (Å²) in [5, 5.41) is 9.56. The zero-order chi connectivity index (χ0) is 8.69. The van der Waals surface area contributed by atoms with Crippen molar-refractivity contribution in [2.75, 3.05) is 13.7 Å². The van der Waals surface area contributed by atoms with Crippen molar-refractivity contribution in [2.24, 2.45) is 5.92 Å². The third kappa shape index (κ3) is 4.38. The molecular weight excluding hydrogens is 140 g/mol. The first-order valence-electron chi connectivity index (χ1n) is 4.43. The summed E-state index contributed by atoms with van der Waals surface area (Å²) in [6.07, 6.45) is 2.70. The lowest BCUT2D eigenvalue weighted by Crippen LogP contribution is -2.20. The average Bonchev–Trinajstić information content (AvgIpc) is 2.03. The van der Waals surface area contributed by atoms with Gasteiger partial charge in [0.15, 0.2) is 0 Å². The van der Waals surface area contributed by atoms with Gasteiger partial charge in [-0.15, -0.1) is 0 Å². The Morgan fingerprint density at radius 2 is 1.82 bits per heavy atom. The summed E-state index contributed by atoms with van der Waals surface area (Å²) in [5.74, 6) is 0.449. The van der Waals surface area contributed by atoms with Crippen LogP contribution in [0.25, 0.3) is 0 Å². The van der Waals surface area contributed by atoms with E-state index in [4.69, 9.17) is 4.74 Å². The minimum absolute atomic E-state index is 0.176. The van der Waals surface area contributed by atoms with Crippen molar-refractivity contribution in [3.05, 3.63) is 0 Å². The zero-order valence-corrected chi connectivity index (χ0v) is 7.84. The van der Waals surface area contributed by atoms with Crippen molar-refractivity contribution < 1.29 is 9.84 Å². The van der Waals surface area contributed by atoms with Gasteiger partial charge in [-0.1, -0.05) is 26.7 Å². The van der Waals surface area contributed by atoms with Crippen LogP contribution in [-0.2, 0) is 4.74 Å². The van der Waals surface area contributed by atoms with Gasteiger partial charge in [-0.2, -0.15) is 0 Å². The Balaban J connectivity index is 3.51. The van der Waals surface area contributed by atoms with Crippen LogP contribution in [0.2, 0.25) is 0 Å². The van der Waals surface area contributed by atoms with Crippen LogP contribution in [0.3, 0.4) is 0 Å². The van der Waals surface area contributed by atoms with E-state index in [0.29, 0.717) is 12.5 Å². The number of hydrogen-bond donors (Lipinski definition) is 1. The maximum absolute atomic E-state index is 9.56. The highest BCUT2D eigenvalue weighted by atomic mass is 16.5. The zero-order valence-electron chi connectivity index (χ0n) is 7.84. The molecule has 0 saturated carbocycles. The van der Waals surface area contributed by atoms with Gasteiger partial charge in [0.05, 0.1) is 6.10 Å². The first-order chi connectivity index (χ1) is 5.26. The van der Waals surface area contributed by atoms with E-state index in [9.17, 15) is 5.11 Å². The fraction of sp³-hybridized carbons (Fsp3) is 1.00. The van der Waals surface area contributed by atoms with Gasteiger partial charge in [0.1, 0.15) is 0 Å². The second-order valence-corrected chi connectivity index (χ2v) is 2.93. The van der Waals surface area contributed by atoms with E-state index in [1.807, 2.05) is 0 Å². The Morgan fingerprint density at radius 3 is 2.18 bits per heavy atom. The smallest absolute Gasteiger partial charge is 0.0590 e. The molecule has 0 heterocycles. The lowest BCUT2D eigenvalue weighted by Gasteiger charge is -2.19. The molecule has 1 N–H and O–H groups in total. The molecule has 0 aromatic heterocycles. The van der Waals surface area contributed by atoms with E-state index < -0.39 is 0 Å². The van der Waals surface area contributed by atoms with E-state index in [1.165, 1.54) is 0 Å². The van der Waals surface area contributed by atoms with E-state index in [1.54, 1.807) is 7.11 Å². The van der Waals surface area contributed by atoms with Crippen molar-refractivity contribution in [3.63, 3.8) is 0 Å². The van der Waals surface area contributed by atoms with Crippen LogP contribution >= 0.6 is 0 Å². The molecule has 0 aromatic carbocycles. The molecule has 0 aliphatic rings. The van der Waals surface area contributed by atoms with E-state index in [0.717, 1.165) is 19.3 Å². The number of aliphatic hydroxyl groups is 1. The quantitative estimate of drug-likeness (QED) is 0.642. The topological polar surface area (TPSA) is 29.5 Å². The van der Waals surface area contributed by atoms with Crippen LogP contribution in [0.5, 0.6) is 0 Å². The monoisotopic (exact) mass is 160 g/mol. The summed E-state index contributed by atoms with van der Waals surface area (Å²) in [6.45, 7) is 4.89. The van der Waals surface area contributed by atoms with E-state index in [-0.39, 0.29) is 6.10 Å². The first-order valence-corrected chi connectivity index (χ1v) is 4.43. The molecule has 0 radical (unpaired) electrons. The molecule has 0 bridgehead atoms. The van der Waals surface area contributed by atoms with Crippen LogP contribution < -0.4 is 0 Å². The van der Waals surface area contributed by atoms with Gasteiger partial charge in [-0.25, -0.2) is 0 Å². The Bertz CT molecular complexity index is 79.6. The molecule has 1 atom stereocenters. The van der Waals surface area contributed by atoms with Gasteiger partial charge < -0.3 is 9.84 Å². The Kier molecular flexibility index (Phi) is 6.57. The highest BCUT2D eigenvalue weighted by molar-refractivity contribution is 4.65. The van der Waals surface area contributed by atoms with Crippen molar-refractivity contribution in [2.45, 2.75) is 39.2 Å². The average molecular weight is 160 g/mol. The van der Waals surface area contributed by atoms with Gasteiger partial charge in [-0.3, -0.25) is 0 Å². The van der Waals surface area contributed by atoms with Gasteiger partial charge in [0.25, 0.3) is 0 Å². The summed E-state index contributed by atoms with van der Waals surface area (Å²) in [5.41, 5.74) is 0. The number of aliphatic hydroxyl groups excluding tert-OH is 1. The summed E-state index contributed by atoms with van der Waals surface area (Å²) >= 11 is 0. The molecule has 68 valence electrons. The standard InChI is InChI=1S/C9H20O2/c1-4-8(5-2)9(10)6-7-11-3/h8-10H,4-7H2,1-3H3. The van der Waals surface area contributed by atoms with Crippen molar-refractivity contribution >= 4 is 0 Å². The third-order valence-electron chi connectivity index (χ3n) is 2.21. The summed E-state index contributed by atoms with van der Waals surface area (Å²) in [6, 6.07) is 0. The molecule has 0 rings (SSSR count). The first kappa shape index (κ1) is 10.9. The SMILES string of the molecule is CCC(CC)C(O)CCOC. The maximum atomic E-state index is 9.56. The molecule has 2 heteroatoms. The molecule has 0 fully saturated rings. The molecule has 0 aromatic rings. The largest absolute Gasteiger partial charge is 0.393 e. The summed E-state index contributed by atoms with van der Waals surface area (Å²) < 4.78 is 4.89. The molecule has 1 unspecified atom stereocenters. The van der Waals surface area contributed by atoms with Crippen molar-refractivity contribution in [1.82, 2.24) is 0 Å². The Morgan fingerprint density at radius 1 is 1.27 bits per heavy atom. The number of ether oxygens (including phenoxy) is 1. The van der Waals surface area contributed by atoms with Gasteiger partial charge >= 0.3 is 0 Å². The highest BCUT2D eigenvalue weighted by Gasteiger charge is 2.14. The fourth-order valence-corrected chi connectivity index (χ4v) is 1.31. The van der Waals surface area contributed by atoms with Gasteiger partial charge in [0.2, 0.25) is 0 Å². The molecule has 0 aliphatic carbocycles. The molecule has 11 heavy (non-hydrogen) atoms. The number of hydrogen-bond acceptors (Lipinski definition) is 2. The van der Waals surface area contributed by atoms with Crippen molar-refractivity contribution in [3.8, 4) is 0 Å². The van der Waals surface area contributed by atoms with Crippen LogP contribution in [0, 0.1) is 5.92 Å². The van der Waals surface area contributed by atoms with Gasteiger partial charge in [0, 0.05) is 13.7 Å². The predicted octanol–water partition coefficient (Wildman–Crippen LogP) is 1.82. The maximum Gasteiger partial charge on any atom is 0.0590 e. The second kappa shape index (κ2) is 6.62. The molecule has 0 spiro atoms. The summed E-state index contributed by atoms with van der Waals surface area (Å²) in [7, 11) is 1.67. The van der Waals surface area contributed by atoms with E-state index in [2.05, 4.69) is 13.8 Å². The number of rotatable bonds is 6. The Hall–Kier alpha value is -0.0800. The fourth-order valence-electron chi connectivity index (χ4n) is 1.31. The Labute approximate surface area is 69.6 Å². The van der Waals surface area contributed by atoms with Crippen LogP contribution in [-0.4, -0.2) is 24.9 Å². The minimum Gasteiger partial charge on any atom is -0.393 e. The number of methoxy groups -OCH3 is 1. The van der Waals surface area contributed by atoms with Crippen LogP contribution in [0.15, 0.2) is 0 Å². The molecule has 0 saturated heterocycles. The second-order valence-electron chi connectivity index (χ2n) is 2.93. The molecule has 2 nitrogen and oxygen atoms in total. The highest BCUT2D eigenvalue weighted by Crippen LogP contribution is 2.15. The van der Waals surface area contributed by atoms with Crippen LogP contribution in [0.1, 0.15) is 33.1 Å². The molecule has 0 amide bonds. The molecule has 0 aliphatic heterocycles. The van der Waals surface area contributed by atoms with E-state index >= 15 is 0 Å². The molecular formula is C9H20O2. The minimum atomic E-state index is -0.176. The lowest BCUT2D eigenvalue weighted by molar-refractivity contribution is 0.0631. The summed E-state index contributed by atoms with van der Waals surface area (Å²) in [4.78, 5) is 0. The van der Waals surface area contributed by atoms with Gasteiger partial charge in [-0.05, 0) is 12.3 Å². The van der Waals surface area contributed by atoms with Crippen LogP contribution in [0.4, 0.5) is 0 Å². The third-order valence-corrected chi connectivity index (χ3v) is 2.21.